The molecule has 3 aromatic rings. The number of aromatic nitrogens is 1. The molecular formula is C19H14F4N2O2. The molecule has 0 aliphatic carbocycles. The molecule has 0 atom stereocenters. The summed E-state index contributed by atoms with van der Waals surface area (Å²) in [5, 5.41) is 3.02. The van der Waals surface area contributed by atoms with Gasteiger partial charge >= 0.3 is 12.1 Å². The summed E-state index contributed by atoms with van der Waals surface area (Å²) in [5.41, 5.74) is -0.681. The molecule has 27 heavy (non-hydrogen) atoms. The number of nitrogens with one attached hydrogen (secondary N) is 1. The summed E-state index contributed by atoms with van der Waals surface area (Å²) in [6, 6.07) is 8.69. The highest BCUT2D eigenvalue weighted by molar-refractivity contribution is 6.06. The minimum Gasteiger partial charge on any atom is -0.462 e. The van der Waals surface area contributed by atoms with Crippen LogP contribution in [0.25, 0.3) is 10.9 Å². The van der Waals surface area contributed by atoms with Gasteiger partial charge in [-0.1, -0.05) is 18.2 Å². The number of nitrogens with zero attached hydrogens (tertiary/aromatic N) is 1. The predicted octanol–water partition coefficient (Wildman–Crippen LogP) is 5.31. The minimum atomic E-state index is -4.53. The molecule has 0 bridgehead atoms. The molecule has 0 saturated heterocycles. The smallest absolute Gasteiger partial charge is 0.416 e. The van der Waals surface area contributed by atoms with E-state index in [1.54, 1.807) is 13.0 Å². The molecule has 1 N–H and O–H groups in total. The predicted molar refractivity (Wildman–Crippen MR) is 92.4 cm³/mol. The van der Waals surface area contributed by atoms with Crippen LogP contribution in [0.2, 0.25) is 0 Å². The Morgan fingerprint density at radius 3 is 2.59 bits per heavy atom. The van der Waals surface area contributed by atoms with Gasteiger partial charge in [-0.15, -0.1) is 0 Å². The topological polar surface area (TPSA) is 51.2 Å². The monoisotopic (exact) mass is 378 g/mol. The summed E-state index contributed by atoms with van der Waals surface area (Å²) < 4.78 is 57.9. The molecule has 0 spiro atoms. The van der Waals surface area contributed by atoms with Crippen LogP contribution in [0, 0.1) is 5.82 Å². The van der Waals surface area contributed by atoms with Crippen LogP contribution >= 0.6 is 0 Å². The standard InChI is InChI=1S/C19H14F4N2O2/c1-2-27-18(26)13-10-24-16-9-11(19(21,22)23)7-8-12(16)17(13)25-15-6-4-3-5-14(15)20/h3-10H,2H2,1H3,(H,24,25). The van der Waals surface area contributed by atoms with E-state index >= 15 is 0 Å². The van der Waals surface area contributed by atoms with Gasteiger partial charge in [0.15, 0.2) is 0 Å². The second-order valence-corrected chi connectivity index (χ2v) is 5.60. The Labute approximate surface area is 151 Å². The minimum absolute atomic E-state index is 0.00707. The largest absolute Gasteiger partial charge is 0.462 e. The van der Waals surface area contributed by atoms with E-state index in [9.17, 15) is 22.4 Å². The van der Waals surface area contributed by atoms with Crippen molar-refractivity contribution in [3.63, 3.8) is 0 Å². The van der Waals surface area contributed by atoms with Crippen LogP contribution in [0.15, 0.2) is 48.7 Å². The molecule has 8 heteroatoms. The highest BCUT2D eigenvalue weighted by atomic mass is 19.4. The van der Waals surface area contributed by atoms with Crippen LogP contribution in [0.4, 0.5) is 28.9 Å². The molecule has 1 aromatic heterocycles. The summed E-state index contributed by atoms with van der Waals surface area (Å²) >= 11 is 0. The SMILES string of the molecule is CCOC(=O)c1cnc2cc(C(F)(F)F)ccc2c1Nc1ccccc1F. The lowest BCUT2D eigenvalue weighted by Crippen LogP contribution is -2.10. The summed E-state index contributed by atoms with van der Waals surface area (Å²) in [4.78, 5) is 16.2. The van der Waals surface area contributed by atoms with Gasteiger partial charge in [-0.25, -0.2) is 9.18 Å². The molecule has 3 rings (SSSR count). The van der Waals surface area contributed by atoms with Crippen molar-refractivity contribution in [2.75, 3.05) is 11.9 Å². The number of esters is 1. The van der Waals surface area contributed by atoms with E-state index in [1.807, 2.05) is 0 Å². The van der Waals surface area contributed by atoms with E-state index in [-0.39, 0.29) is 34.4 Å². The number of halogens is 4. The van der Waals surface area contributed by atoms with Gasteiger partial charge < -0.3 is 10.1 Å². The van der Waals surface area contributed by atoms with Crippen molar-refractivity contribution in [1.29, 1.82) is 0 Å². The van der Waals surface area contributed by atoms with Crippen molar-refractivity contribution in [3.05, 3.63) is 65.6 Å². The molecule has 0 radical (unpaired) electrons. The first-order valence-electron chi connectivity index (χ1n) is 8.00. The molecule has 0 aliphatic rings. The zero-order chi connectivity index (χ0) is 19.6. The number of para-hydroxylation sites is 1. The highest BCUT2D eigenvalue weighted by Gasteiger charge is 2.31. The lowest BCUT2D eigenvalue weighted by atomic mass is 10.1. The Balaban J connectivity index is 2.19. The van der Waals surface area contributed by atoms with E-state index < -0.39 is 23.5 Å². The first-order valence-corrected chi connectivity index (χ1v) is 8.00. The third-order valence-electron chi connectivity index (χ3n) is 3.83. The number of anilines is 2. The van der Waals surface area contributed by atoms with Gasteiger partial charge in [0.1, 0.15) is 11.4 Å². The second kappa shape index (κ2) is 7.22. The number of benzene rings is 2. The van der Waals surface area contributed by atoms with E-state index in [4.69, 9.17) is 4.74 Å². The van der Waals surface area contributed by atoms with Gasteiger partial charge in [0.25, 0.3) is 0 Å². The summed E-state index contributed by atoms with van der Waals surface area (Å²) in [6.45, 7) is 1.72. The fraction of sp³-hybridized carbons (Fsp3) is 0.158. The Morgan fingerprint density at radius 1 is 1.19 bits per heavy atom. The number of rotatable bonds is 4. The zero-order valence-corrected chi connectivity index (χ0v) is 14.1. The third-order valence-corrected chi connectivity index (χ3v) is 3.83. The highest BCUT2D eigenvalue weighted by Crippen LogP contribution is 2.35. The Morgan fingerprint density at radius 2 is 1.93 bits per heavy atom. The van der Waals surface area contributed by atoms with Crippen LogP contribution in [0.1, 0.15) is 22.8 Å². The summed E-state index contributed by atoms with van der Waals surface area (Å²) in [6.07, 6.45) is -3.42. The number of fused-ring (bicyclic) bond motifs is 1. The second-order valence-electron chi connectivity index (χ2n) is 5.60. The van der Waals surface area contributed by atoms with Crippen molar-refractivity contribution >= 4 is 28.2 Å². The number of hydrogen-bond donors (Lipinski definition) is 1. The van der Waals surface area contributed by atoms with Crippen molar-refractivity contribution in [2.45, 2.75) is 13.1 Å². The number of pyridine rings is 1. The van der Waals surface area contributed by atoms with Gasteiger partial charge in [0.05, 0.1) is 29.1 Å². The fourth-order valence-corrected chi connectivity index (χ4v) is 2.57. The average molecular weight is 378 g/mol. The van der Waals surface area contributed by atoms with Crippen molar-refractivity contribution < 1.29 is 27.1 Å². The lowest BCUT2D eigenvalue weighted by molar-refractivity contribution is -0.137. The van der Waals surface area contributed by atoms with Gasteiger partial charge in [-0.3, -0.25) is 4.98 Å². The van der Waals surface area contributed by atoms with Gasteiger partial charge in [-0.2, -0.15) is 13.2 Å². The van der Waals surface area contributed by atoms with Gasteiger partial charge in [0.2, 0.25) is 0 Å². The van der Waals surface area contributed by atoms with Gasteiger partial charge in [0, 0.05) is 11.6 Å². The molecule has 1 heterocycles. The number of ether oxygens (including phenoxy) is 1. The Bertz CT molecular complexity index is 1000. The third kappa shape index (κ3) is 3.84. The van der Waals surface area contributed by atoms with Crippen LogP contribution in [0.5, 0.6) is 0 Å². The first-order chi connectivity index (χ1) is 12.8. The van der Waals surface area contributed by atoms with Crippen LogP contribution in [0.3, 0.4) is 0 Å². The zero-order valence-electron chi connectivity index (χ0n) is 14.1. The number of carbonyl (C=O) groups excluding carboxylic acids is 1. The lowest BCUT2D eigenvalue weighted by Gasteiger charge is -2.15. The average Bonchev–Trinajstić information content (AvgIpc) is 2.62. The normalized spacial score (nSPS) is 11.4. The fourth-order valence-electron chi connectivity index (χ4n) is 2.57. The van der Waals surface area contributed by atoms with Crippen molar-refractivity contribution in [2.24, 2.45) is 0 Å². The number of alkyl halides is 3. The summed E-state index contributed by atoms with van der Waals surface area (Å²) in [5.74, 6) is -1.30. The molecule has 0 saturated carbocycles. The first kappa shape index (κ1) is 18.6. The molecular weight excluding hydrogens is 364 g/mol. The molecule has 2 aromatic carbocycles. The molecule has 0 unspecified atom stereocenters. The number of carbonyl (C=O) groups is 1. The van der Waals surface area contributed by atoms with Crippen molar-refractivity contribution in [3.8, 4) is 0 Å². The van der Waals surface area contributed by atoms with Gasteiger partial charge in [-0.05, 0) is 31.2 Å². The summed E-state index contributed by atoms with van der Waals surface area (Å²) in [7, 11) is 0. The molecule has 0 fully saturated rings. The van der Waals surface area contributed by atoms with Crippen molar-refractivity contribution in [1.82, 2.24) is 4.98 Å². The van der Waals surface area contributed by atoms with E-state index in [0.29, 0.717) is 0 Å². The molecule has 140 valence electrons. The van der Waals surface area contributed by atoms with Crippen LogP contribution in [-0.4, -0.2) is 17.6 Å². The Hall–Kier alpha value is -3.16. The molecule has 0 amide bonds. The van der Waals surface area contributed by atoms with E-state index in [1.165, 1.54) is 24.3 Å². The van der Waals surface area contributed by atoms with Crippen LogP contribution < -0.4 is 5.32 Å². The molecule has 4 nitrogen and oxygen atoms in total. The maximum atomic E-state index is 14.0. The Kier molecular flexibility index (Phi) is 4.98. The van der Waals surface area contributed by atoms with E-state index in [0.717, 1.165) is 18.3 Å². The van der Waals surface area contributed by atoms with E-state index in [2.05, 4.69) is 10.3 Å². The number of hydrogen-bond acceptors (Lipinski definition) is 4. The van der Waals surface area contributed by atoms with Crippen LogP contribution in [-0.2, 0) is 10.9 Å². The maximum absolute atomic E-state index is 14.0. The maximum Gasteiger partial charge on any atom is 0.416 e. The molecule has 0 aliphatic heterocycles. The quantitative estimate of drug-likeness (QED) is 0.494.